The van der Waals surface area contributed by atoms with Crippen LogP contribution in [-0.4, -0.2) is 50.0 Å². The third-order valence-electron chi connectivity index (χ3n) is 4.82. The number of aromatic carboxylic acids is 1. The van der Waals surface area contributed by atoms with Crippen LogP contribution in [-0.2, 0) is 17.8 Å². The monoisotopic (exact) mass is 499 g/mol. The Morgan fingerprint density at radius 1 is 1.11 bits per heavy atom. The number of amides is 2. The second kappa shape index (κ2) is 12.1. The number of aromatic nitrogens is 3. The van der Waals surface area contributed by atoms with Gasteiger partial charge in [-0.25, -0.2) is 9.18 Å². The number of anilines is 1. The van der Waals surface area contributed by atoms with E-state index in [9.17, 15) is 18.8 Å². The number of nitrogens with zero attached hydrogens (tertiary/aromatic N) is 3. The Labute approximate surface area is 206 Å². The Hall–Kier alpha value is -3.73. The molecule has 3 rings (SSSR count). The van der Waals surface area contributed by atoms with Crippen molar-refractivity contribution < 1.29 is 23.9 Å². The lowest BCUT2D eigenvalue weighted by atomic mass is 10.2. The van der Waals surface area contributed by atoms with E-state index >= 15 is 0 Å². The van der Waals surface area contributed by atoms with Gasteiger partial charge in [0, 0.05) is 25.2 Å². The van der Waals surface area contributed by atoms with Gasteiger partial charge in [0.15, 0.2) is 5.16 Å². The molecule has 35 heavy (non-hydrogen) atoms. The summed E-state index contributed by atoms with van der Waals surface area (Å²) in [4.78, 5) is 35.7. The SMILES string of the molecule is CC(C)Cn1c(CCNC(=O)c2ccccc2F)nnc1SCC(=O)Nc1cccc(C(=O)O)c1. The first-order valence-corrected chi connectivity index (χ1v) is 11.9. The van der Waals surface area contributed by atoms with Gasteiger partial charge in [0.2, 0.25) is 5.91 Å². The van der Waals surface area contributed by atoms with Crippen LogP contribution >= 0.6 is 11.8 Å². The highest BCUT2D eigenvalue weighted by molar-refractivity contribution is 7.99. The van der Waals surface area contributed by atoms with E-state index in [1.54, 1.807) is 18.2 Å². The zero-order valence-corrected chi connectivity index (χ0v) is 20.1. The molecule has 0 bridgehead atoms. The maximum absolute atomic E-state index is 13.8. The highest BCUT2D eigenvalue weighted by atomic mass is 32.2. The first-order valence-electron chi connectivity index (χ1n) is 11.0. The Kier molecular flexibility index (Phi) is 8.96. The van der Waals surface area contributed by atoms with Crippen molar-refractivity contribution in [2.24, 2.45) is 5.92 Å². The van der Waals surface area contributed by atoms with Gasteiger partial charge in [-0.3, -0.25) is 9.59 Å². The van der Waals surface area contributed by atoms with Gasteiger partial charge < -0.3 is 20.3 Å². The minimum Gasteiger partial charge on any atom is -0.478 e. The maximum atomic E-state index is 13.8. The standard InChI is InChI=1S/C24H26FN5O4S/c1-15(2)13-30-20(10-11-26-22(32)18-8-3-4-9-19(18)25)28-29-24(30)35-14-21(31)27-17-7-5-6-16(12-17)23(33)34/h3-9,12,15H,10-11,13-14H2,1-2H3,(H,26,32)(H,27,31)(H,33,34). The number of carbonyl (C=O) groups excluding carboxylic acids is 2. The lowest BCUT2D eigenvalue weighted by molar-refractivity contribution is -0.113. The number of carbonyl (C=O) groups is 3. The first kappa shape index (κ1) is 25.9. The summed E-state index contributed by atoms with van der Waals surface area (Å²) in [6.07, 6.45) is 0.384. The molecule has 1 heterocycles. The molecular weight excluding hydrogens is 473 g/mol. The van der Waals surface area contributed by atoms with Gasteiger partial charge in [0.25, 0.3) is 5.91 Å². The number of carboxylic acids is 1. The first-order chi connectivity index (χ1) is 16.7. The number of nitrogens with one attached hydrogen (secondary N) is 2. The summed E-state index contributed by atoms with van der Waals surface area (Å²) in [7, 11) is 0. The number of halogens is 1. The van der Waals surface area contributed by atoms with Gasteiger partial charge in [-0.2, -0.15) is 0 Å². The van der Waals surface area contributed by atoms with Crippen molar-refractivity contribution in [2.75, 3.05) is 17.6 Å². The molecule has 0 saturated heterocycles. The van der Waals surface area contributed by atoms with Gasteiger partial charge in [-0.15, -0.1) is 10.2 Å². The maximum Gasteiger partial charge on any atom is 0.335 e. The third-order valence-corrected chi connectivity index (χ3v) is 5.79. The highest BCUT2D eigenvalue weighted by Gasteiger charge is 2.17. The number of hydrogen-bond acceptors (Lipinski definition) is 6. The summed E-state index contributed by atoms with van der Waals surface area (Å²) in [5, 5.41) is 23.4. The van der Waals surface area contributed by atoms with Crippen LogP contribution in [0, 0.1) is 11.7 Å². The number of hydrogen-bond donors (Lipinski definition) is 3. The molecule has 0 fully saturated rings. The van der Waals surface area contributed by atoms with E-state index < -0.39 is 17.7 Å². The Morgan fingerprint density at radius 2 is 1.89 bits per heavy atom. The average Bonchev–Trinajstić information content (AvgIpc) is 3.18. The van der Waals surface area contributed by atoms with Crippen LogP contribution in [0.4, 0.5) is 10.1 Å². The smallest absolute Gasteiger partial charge is 0.335 e. The van der Waals surface area contributed by atoms with E-state index in [2.05, 4.69) is 20.8 Å². The summed E-state index contributed by atoms with van der Waals surface area (Å²) in [5.74, 6) is -1.49. The van der Waals surface area contributed by atoms with Gasteiger partial charge in [0.05, 0.1) is 16.9 Å². The molecular formula is C24H26FN5O4S. The van der Waals surface area contributed by atoms with Crippen LogP contribution in [0.3, 0.4) is 0 Å². The van der Waals surface area contributed by atoms with Gasteiger partial charge in [0.1, 0.15) is 11.6 Å². The van der Waals surface area contributed by atoms with Crippen molar-refractivity contribution in [3.63, 3.8) is 0 Å². The topological polar surface area (TPSA) is 126 Å². The van der Waals surface area contributed by atoms with Crippen LogP contribution in [0.2, 0.25) is 0 Å². The van der Waals surface area contributed by atoms with Crippen molar-refractivity contribution in [3.05, 3.63) is 71.3 Å². The predicted octanol–water partition coefficient (Wildman–Crippen LogP) is 3.47. The van der Waals surface area contributed by atoms with Crippen molar-refractivity contribution in [1.82, 2.24) is 20.1 Å². The Morgan fingerprint density at radius 3 is 2.60 bits per heavy atom. The van der Waals surface area contributed by atoms with Crippen molar-refractivity contribution in [1.29, 1.82) is 0 Å². The van der Waals surface area contributed by atoms with Crippen LogP contribution in [0.25, 0.3) is 0 Å². The average molecular weight is 500 g/mol. The van der Waals surface area contributed by atoms with Gasteiger partial charge in [-0.05, 0) is 36.2 Å². The van der Waals surface area contributed by atoms with Gasteiger partial charge in [-0.1, -0.05) is 43.8 Å². The van der Waals surface area contributed by atoms with Crippen LogP contribution in [0.15, 0.2) is 53.7 Å². The van der Waals surface area contributed by atoms with Crippen LogP contribution < -0.4 is 10.6 Å². The summed E-state index contributed by atoms with van der Waals surface area (Å²) in [6, 6.07) is 11.8. The predicted molar refractivity (Wildman–Crippen MR) is 130 cm³/mol. The fraction of sp³-hybridized carbons (Fsp3) is 0.292. The molecule has 0 unspecified atom stereocenters. The fourth-order valence-corrected chi connectivity index (χ4v) is 4.01. The number of rotatable bonds is 11. The van der Waals surface area contributed by atoms with E-state index in [0.29, 0.717) is 29.6 Å². The normalized spacial score (nSPS) is 10.9. The Balaban J connectivity index is 1.59. The van der Waals surface area contributed by atoms with E-state index in [-0.39, 0.29) is 35.2 Å². The minimum absolute atomic E-state index is 0.0210. The van der Waals surface area contributed by atoms with E-state index in [1.807, 2.05) is 18.4 Å². The molecule has 0 aliphatic rings. The Bertz CT molecular complexity index is 1210. The lowest BCUT2D eigenvalue weighted by Gasteiger charge is -2.13. The summed E-state index contributed by atoms with van der Waals surface area (Å²) < 4.78 is 15.7. The zero-order valence-electron chi connectivity index (χ0n) is 19.3. The second-order valence-corrected chi connectivity index (χ2v) is 9.05. The van der Waals surface area contributed by atoms with E-state index in [0.717, 1.165) is 0 Å². The van der Waals surface area contributed by atoms with E-state index in [4.69, 9.17) is 5.11 Å². The number of thioether (sulfide) groups is 1. The number of benzene rings is 2. The molecule has 0 atom stereocenters. The molecule has 2 amide bonds. The molecule has 3 N–H and O–H groups in total. The molecule has 9 nitrogen and oxygen atoms in total. The molecule has 3 aromatic rings. The van der Waals surface area contributed by atoms with Crippen molar-refractivity contribution in [3.8, 4) is 0 Å². The van der Waals surface area contributed by atoms with Crippen molar-refractivity contribution >= 4 is 35.2 Å². The molecule has 184 valence electrons. The lowest BCUT2D eigenvalue weighted by Crippen LogP contribution is -2.27. The third kappa shape index (κ3) is 7.38. The fourth-order valence-electron chi connectivity index (χ4n) is 3.24. The number of carboxylic acid groups (broad SMARTS) is 1. The molecule has 11 heteroatoms. The van der Waals surface area contributed by atoms with E-state index in [1.165, 1.54) is 42.1 Å². The molecule has 2 aromatic carbocycles. The zero-order chi connectivity index (χ0) is 25.4. The molecule has 0 saturated carbocycles. The van der Waals surface area contributed by atoms with Crippen LogP contribution in [0.5, 0.6) is 0 Å². The quantitative estimate of drug-likeness (QED) is 0.345. The second-order valence-electron chi connectivity index (χ2n) is 8.11. The molecule has 0 spiro atoms. The molecule has 0 radical (unpaired) electrons. The molecule has 0 aliphatic heterocycles. The summed E-state index contributed by atoms with van der Waals surface area (Å²) in [5.41, 5.74) is 0.455. The van der Waals surface area contributed by atoms with Crippen molar-refractivity contribution in [2.45, 2.75) is 32.0 Å². The molecule has 0 aliphatic carbocycles. The van der Waals surface area contributed by atoms with Crippen LogP contribution in [0.1, 0.15) is 40.4 Å². The molecule has 1 aromatic heterocycles. The summed E-state index contributed by atoms with van der Waals surface area (Å²) in [6.45, 7) is 4.95. The largest absolute Gasteiger partial charge is 0.478 e. The van der Waals surface area contributed by atoms with Gasteiger partial charge >= 0.3 is 5.97 Å². The summed E-state index contributed by atoms with van der Waals surface area (Å²) >= 11 is 1.21. The highest BCUT2D eigenvalue weighted by Crippen LogP contribution is 2.20. The minimum atomic E-state index is -1.07.